The zero-order valence-corrected chi connectivity index (χ0v) is 14.2. The Morgan fingerprint density at radius 1 is 1.00 bits per heavy atom. The quantitative estimate of drug-likeness (QED) is 0.547. The summed E-state index contributed by atoms with van der Waals surface area (Å²) >= 11 is 1.47. The van der Waals surface area contributed by atoms with Gasteiger partial charge in [0.2, 0.25) is 0 Å². The van der Waals surface area contributed by atoms with E-state index in [2.05, 4.69) is 9.97 Å². The summed E-state index contributed by atoms with van der Waals surface area (Å²) in [7, 11) is 1.95. The molecule has 2 aromatic heterocycles. The third-order valence-corrected chi connectivity index (χ3v) is 5.00. The molecule has 0 saturated heterocycles. The Hall–Kier alpha value is -2.86. The minimum absolute atomic E-state index is 0.231. The molecule has 0 aliphatic rings. The zero-order chi connectivity index (χ0) is 17.4. The van der Waals surface area contributed by atoms with Crippen molar-refractivity contribution in [1.29, 1.82) is 0 Å². The minimum atomic E-state index is -0.258. The number of benzene rings is 2. The van der Waals surface area contributed by atoms with E-state index < -0.39 is 0 Å². The molecular formula is C19H14FN3OS. The van der Waals surface area contributed by atoms with Crippen LogP contribution >= 0.6 is 11.8 Å². The average Bonchev–Trinajstić information content (AvgIpc) is 2.96. The van der Waals surface area contributed by atoms with Crippen molar-refractivity contribution in [3.63, 3.8) is 0 Å². The molecule has 2 heterocycles. The van der Waals surface area contributed by atoms with Gasteiger partial charge in [0.1, 0.15) is 28.6 Å². The Morgan fingerprint density at radius 2 is 1.72 bits per heavy atom. The molecule has 0 fully saturated rings. The summed E-state index contributed by atoms with van der Waals surface area (Å²) in [5, 5.41) is 11.2. The van der Waals surface area contributed by atoms with Crippen molar-refractivity contribution in [1.82, 2.24) is 14.5 Å². The molecule has 4 aromatic rings. The van der Waals surface area contributed by atoms with Crippen molar-refractivity contribution in [3.8, 4) is 17.0 Å². The molecule has 0 amide bonds. The highest BCUT2D eigenvalue weighted by atomic mass is 32.2. The number of nitrogens with zero attached hydrogens (tertiary/aromatic N) is 3. The lowest BCUT2D eigenvalue weighted by Gasteiger charge is -2.04. The van der Waals surface area contributed by atoms with Crippen molar-refractivity contribution in [2.24, 2.45) is 7.05 Å². The number of aromatic nitrogens is 3. The van der Waals surface area contributed by atoms with E-state index in [1.165, 1.54) is 30.2 Å². The first-order chi connectivity index (χ1) is 12.1. The van der Waals surface area contributed by atoms with E-state index in [1.807, 2.05) is 29.8 Å². The summed E-state index contributed by atoms with van der Waals surface area (Å²) in [5.41, 5.74) is 2.79. The first-order valence-corrected chi connectivity index (χ1v) is 8.47. The molecule has 0 atom stereocenters. The van der Waals surface area contributed by atoms with E-state index in [4.69, 9.17) is 0 Å². The van der Waals surface area contributed by atoms with Crippen molar-refractivity contribution in [2.45, 2.75) is 9.92 Å². The van der Waals surface area contributed by atoms with Gasteiger partial charge in [0.05, 0.1) is 11.1 Å². The molecule has 0 unspecified atom stereocenters. The smallest absolute Gasteiger partial charge is 0.144 e. The number of phenolic OH excluding ortho intramolecular Hbond substituents is 1. The van der Waals surface area contributed by atoms with Crippen LogP contribution in [0.5, 0.6) is 5.75 Å². The van der Waals surface area contributed by atoms with Crippen LogP contribution in [0.25, 0.3) is 22.3 Å². The van der Waals surface area contributed by atoms with Gasteiger partial charge in [0.25, 0.3) is 0 Å². The van der Waals surface area contributed by atoms with Crippen molar-refractivity contribution < 1.29 is 9.50 Å². The van der Waals surface area contributed by atoms with Gasteiger partial charge >= 0.3 is 0 Å². The maximum Gasteiger partial charge on any atom is 0.144 e. The predicted molar refractivity (Wildman–Crippen MR) is 96.1 cm³/mol. The fraction of sp³-hybridized carbons (Fsp3) is 0.0526. The molecule has 124 valence electrons. The van der Waals surface area contributed by atoms with Crippen molar-refractivity contribution in [3.05, 3.63) is 66.7 Å². The maximum absolute atomic E-state index is 13.1. The summed E-state index contributed by atoms with van der Waals surface area (Å²) in [6.45, 7) is 0. The van der Waals surface area contributed by atoms with Crippen LogP contribution in [0, 0.1) is 5.82 Å². The lowest BCUT2D eigenvalue weighted by Crippen LogP contribution is -1.93. The molecule has 0 aliphatic heterocycles. The Balaban J connectivity index is 1.80. The van der Waals surface area contributed by atoms with Gasteiger partial charge in [0.15, 0.2) is 0 Å². The molecule has 4 nitrogen and oxygen atoms in total. The number of hydrogen-bond donors (Lipinski definition) is 1. The highest BCUT2D eigenvalue weighted by Gasteiger charge is 2.14. The number of hydrogen-bond acceptors (Lipinski definition) is 4. The first kappa shape index (κ1) is 15.7. The van der Waals surface area contributed by atoms with Gasteiger partial charge in [-0.05, 0) is 60.2 Å². The fourth-order valence-corrected chi connectivity index (χ4v) is 3.57. The van der Waals surface area contributed by atoms with Crippen molar-refractivity contribution in [2.75, 3.05) is 0 Å². The average molecular weight is 351 g/mol. The number of phenols is 1. The molecule has 0 spiro atoms. The zero-order valence-electron chi connectivity index (χ0n) is 13.3. The van der Waals surface area contributed by atoms with Gasteiger partial charge in [-0.1, -0.05) is 11.8 Å². The Labute approximate surface area is 148 Å². The topological polar surface area (TPSA) is 50.9 Å². The molecule has 0 saturated carbocycles. The standard InChI is InChI=1S/C19H14FN3OS/c1-23-17(12-2-6-14(24)7-3-12)10-16-18(23)21-11-22-19(16)25-15-8-4-13(20)5-9-15/h2-11,24H,1H3. The van der Waals surface area contributed by atoms with Gasteiger partial charge in [-0.15, -0.1) is 0 Å². The summed E-state index contributed by atoms with van der Waals surface area (Å²) in [5.74, 6) is -0.0265. The molecule has 0 bridgehead atoms. The van der Waals surface area contributed by atoms with Crippen molar-refractivity contribution >= 4 is 22.8 Å². The molecule has 0 aliphatic carbocycles. The van der Waals surface area contributed by atoms with E-state index in [-0.39, 0.29) is 11.6 Å². The van der Waals surface area contributed by atoms with Gasteiger partial charge < -0.3 is 9.67 Å². The molecule has 25 heavy (non-hydrogen) atoms. The summed E-state index contributed by atoms with van der Waals surface area (Å²) in [6, 6.07) is 15.4. The summed E-state index contributed by atoms with van der Waals surface area (Å²) < 4.78 is 15.1. The maximum atomic E-state index is 13.1. The van der Waals surface area contributed by atoms with E-state index in [0.29, 0.717) is 0 Å². The molecule has 0 radical (unpaired) electrons. The lowest BCUT2D eigenvalue weighted by atomic mass is 10.1. The molecule has 4 rings (SSSR count). The summed E-state index contributed by atoms with van der Waals surface area (Å²) in [6.07, 6.45) is 1.54. The largest absolute Gasteiger partial charge is 0.508 e. The number of fused-ring (bicyclic) bond motifs is 1. The molecular weight excluding hydrogens is 337 g/mol. The number of rotatable bonds is 3. The van der Waals surface area contributed by atoms with Crippen LogP contribution in [0.4, 0.5) is 4.39 Å². The van der Waals surface area contributed by atoms with E-state index in [0.717, 1.165) is 32.2 Å². The Kier molecular flexibility index (Phi) is 3.89. The number of aryl methyl sites for hydroxylation is 1. The van der Waals surface area contributed by atoms with Crippen LogP contribution in [-0.4, -0.2) is 19.6 Å². The van der Waals surface area contributed by atoms with E-state index >= 15 is 0 Å². The van der Waals surface area contributed by atoms with Crippen LogP contribution in [0.3, 0.4) is 0 Å². The lowest BCUT2D eigenvalue weighted by molar-refractivity contribution is 0.475. The van der Waals surface area contributed by atoms with E-state index in [9.17, 15) is 9.50 Å². The fourth-order valence-electron chi connectivity index (χ4n) is 2.72. The first-order valence-electron chi connectivity index (χ1n) is 7.65. The molecule has 1 N–H and O–H groups in total. The Bertz CT molecular complexity index is 1040. The second kappa shape index (κ2) is 6.22. The Morgan fingerprint density at radius 3 is 2.44 bits per heavy atom. The number of aromatic hydroxyl groups is 1. The predicted octanol–water partition coefficient (Wildman–Crippen LogP) is 4.63. The van der Waals surface area contributed by atoms with E-state index in [1.54, 1.807) is 24.3 Å². The summed E-state index contributed by atoms with van der Waals surface area (Å²) in [4.78, 5) is 9.69. The molecule has 2 aromatic carbocycles. The number of halogens is 1. The minimum Gasteiger partial charge on any atom is -0.508 e. The van der Waals surface area contributed by atoms with Crippen LogP contribution in [0.15, 0.2) is 70.8 Å². The highest BCUT2D eigenvalue weighted by Crippen LogP contribution is 2.35. The van der Waals surface area contributed by atoms with Gasteiger partial charge in [-0.3, -0.25) is 0 Å². The third kappa shape index (κ3) is 2.96. The van der Waals surface area contributed by atoms with Crippen LogP contribution in [0.2, 0.25) is 0 Å². The highest BCUT2D eigenvalue weighted by molar-refractivity contribution is 7.99. The normalized spacial score (nSPS) is 11.1. The van der Waals surface area contributed by atoms with Gasteiger partial charge in [-0.2, -0.15) is 0 Å². The van der Waals surface area contributed by atoms with Gasteiger partial charge in [-0.25, -0.2) is 14.4 Å². The van der Waals surface area contributed by atoms with Crippen LogP contribution < -0.4 is 0 Å². The second-order valence-corrected chi connectivity index (χ2v) is 6.67. The van der Waals surface area contributed by atoms with Crippen LogP contribution in [0.1, 0.15) is 0 Å². The third-order valence-electron chi connectivity index (χ3n) is 3.98. The SMILES string of the molecule is Cn1c(-c2ccc(O)cc2)cc2c(Sc3ccc(F)cc3)ncnc21. The molecule has 6 heteroatoms. The van der Waals surface area contributed by atoms with Gasteiger partial charge in [0, 0.05) is 11.9 Å². The second-order valence-electron chi connectivity index (χ2n) is 5.61. The monoisotopic (exact) mass is 351 g/mol. The van der Waals surface area contributed by atoms with Crippen LogP contribution in [-0.2, 0) is 7.05 Å².